The molecular formula is C14H19FN2O2. The van der Waals surface area contributed by atoms with Gasteiger partial charge in [-0.25, -0.2) is 4.39 Å². The van der Waals surface area contributed by atoms with Gasteiger partial charge in [-0.15, -0.1) is 0 Å². The Morgan fingerprint density at radius 2 is 2.32 bits per heavy atom. The number of methoxy groups -OCH3 is 1. The smallest absolute Gasteiger partial charge is 0.231 e. The summed E-state index contributed by atoms with van der Waals surface area (Å²) < 4.78 is 18.4. The van der Waals surface area contributed by atoms with Crippen LogP contribution in [0.4, 0.5) is 10.1 Å². The summed E-state index contributed by atoms with van der Waals surface area (Å²) in [7, 11) is 1.41. The van der Waals surface area contributed by atoms with Crippen molar-refractivity contribution in [1.82, 2.24) is 5.32 Å². The Morgan fingerprint density at radius 1 is 1.53 bits per heavy atom. The summed E-state index contributed by atoms with van der Waals surface area (Å²) in [6.07, 6.45) is 1.81. The van der Waals surface area contributed by atoms with Gasteiger partial charge in [0, 0.05) is 18.3 Å². The summed E-state index contributed by atoms with van der Waals surface area (Å²) in [6, 6.07) is 4.42. The van der Waals surface area contributed by atoms with Gasteiger partial charge in [0.25, 0.3) is 0 Å². The number of rotatable bonds is 3. The molecule has 0 spiro atoms. The van der Waals surface area contributed by atoms with Crippen LogP contribution in [0.1, 0.15) is 19.8 Å². The molecule has 2 rings (SSSR count). The van der Waals surface area contributed by atoms with Crippen LogP contribution in [-0.4, -0.2) is 26.1 Å². The fraction of sp³-hybridized carbons (Fsp3) is 0.500. The third-order valence-electron chi connectivity index (χ3n) is 3.56. The maximum Gasteiger partial charge on any atom is 0.231 e. The third-order valence-corrected chi connectivity index (χ3v) is 3.56. The zero-order chi connectivity index (χ0) is 13.9. The van der Waals surface area contributed by atoms with Gasteiger partial charge in [0.1, 0.15) is 0 Å². The molecule has 1 aliphatic rings. The quantitative estimate of drug-likeness (QED) is 0.881. The molecule has 2 N–H and O–H groups in total. The van der Waals surface area contributed by atoms with Crippen LogP contribution in [0.2, 0.25) is 0 Å². The number of amides is 1. The highest BCUT2D eigenvalue weighted by atomic mass is 19.1. The second kappa shape index (κ2) is 5.57. The number of anilines is 1. The first-order valence-corrected chi connectivity index (χ1v) is 6.41. The van der Waals surface area contributed by atoms with Crippen LogP contribution in [0.25, 0.3) is 0 Å². The average Bonchev–Trinajstić information content (AvgIpc) is 2.40. The summed E-state index contributed by atoms with van der Waals surface area (Å²) in [5.41, 5.74) is 0.0179. The van der Waals surface area contributed by atoms with Crippen molar-refractivity contribution in [2.75, 3.05) is 25.5 Å². The van der Waals surface area contributed by atoms with Crippen molar-refractivity contribution in [3.05, 3.63) is 24.0 Å². The van der Waals surface area contributed by atoms with E-state index in [1.807, 2.05) is 6.92 Å². The summed E-state index contributed by atoms with van der Waals surface area (Å²) in [5.74, 6) is -0.389. The normalized spacial score (nSPS) is 22.9. The molecule has 1 aliphatic heterocycles. The number of hydrogen-bond acceptors (Lipinski definition) is 3. The Bertz CT molecular complexity index is 471. The molecule has 1 amide bonds. The lowest BCUT2D eigenvalue weighted by molar-refractivity contribution is -0.125. The van der Waals surface area contributed by atoms with E-state index in [2.05, 4.69) is 10.6 Å². The maximum absolute atomic E-state index is 13.5. The fourth-order valence-corrected chi connectivity index (χ4v) is 2.28. The Labute approximate surface area is 112 Å². The zero-order valence-electron chi connectivity index (χ0n) is 11.3. The number of ether oxygens (including phenoxy) is 1. The van der Waals surface area contributed by atoms with Crippen molar-refractivity contribution in [2.24, 2.45) is 5.41 Å². The molecule has 1 atom stereocenters. The van der Waals surface area contributed by atoms with Crippen molar-refractivity contribution in [1.29, 1.82) is 0 Å². The van der Waals surface area contributed by atoms with Gasteiger partial charge < -0.3 is 15.4 Å². The molecule has 0 radical (unpaired) electrons. The van der Waals surface area contributed by atoms with Crippen LogP contribution in [0.5, 0.6) is 5.75 Å². The van der Waals surface area contributed by atoms with Crippen LogP contribution in [-0.2, 0) is 4.79 Å². The molecule has 1 saturated heterocycles. The first-order chi connectivity index (χ1) is 9.05. The Morgan fingerprint density at radius 3 is 2.89 bits per heavy atom. The van der Waals surface area contributed by atoms with Crippen LogP contribution < -0.4 is 15.4 Å². The molecule has 1 aromatic rings. The summed E-state index contributed by atoms with van der Waals surface area (Å²) in [6.45, 7) is 3.52. The van der Waals surface area contributed by atoms with Gasteiger partial charge in [-0.05, 0) is 38.4 Å². The monoisotopic (exact) mass is 266 g/mol. The Hall–Kier alpha value is -1.62. The molecule has 5 heteroatoms. The molecule has 0 bridgehead atoms. The Balaban J connectivity index is 2.08. The number of hydrogen-bond donors (Lipinski definition) is 2. The molecule has 0 aromatic heterocycles. The van der Waals surface area contributed by atoms with E-state index in [-0.39, 0.29) is 11.7 Å². The number of nitrogens with one attached hydrogen (secondary N) is 2. The van der Waals surface area contributed by atoms with E-state index in [4.69, 9.17) is 4.74 Å². The lowest BCUT2D eigenvalue weighted by atomic mass is 9.82. The molecule has 0 aliphatic carbocycles. The van der Waals surface area contributed by atoms with Crippen molar-refractivity contribution >= 4 is 11.6 Å². The minimum absolute atomic E-state index is 0.0794. The molecule has 4 nitrogen and oxygen atoms in total. The number of halogens is 1. The largest absolute Gasteiger partial charge is 0.494 e. The predicted molar refractivity (Wildman–Crippen MR) is 71.8 cm³/mol. The molecule has 19 heavy (non-hydrogen) atoms. The first kappa shape index (κ1) is 13.8. The van der Waals surface area contributed by atoms with Crippen molar-refractivity contribution in [2.45, 2.75) is 19.8 Å². The van der Waals surface area contributed by atoms with E-state index in [0.29, 0.717) is 12.2 Å². The zero-order valence-corrected chi connectivity index (χ0v) is 11.3. The highest BCUT2D eigenvalue weighted by molar-refractivity contribution is 5.95. The molecule has 1 heterocycles. The second-order valence-corrected chi connectivity index (χ2v) is 5.14. The van der Waals surface area contributed by atoms with E-state index in [9.17, 15) is 9.18 Å². The van der Waals surface area contributed by atoms with E-state index < -0.39 is 11.2 Å². The minimum Gasteiger partial charge on any atom is -0.494 e. The van der Waals surface area contributed by atoms with Gasteiger partial charge in [0.15, 0.2) is 11.6 Å². The van der Waals surface area contributed by atoms with E-state index in [1.165, 1.54) is 19.2 Å². The molecule has 1 aromatic carbocycles. The topological polar surface area (TPSA) is 50.4 Å². The highest BCUT2D eigenvalue weighted by Gasteiger charge is 2.34. The van der Waals surface area contributed by atoms with Crippen LogP contribution >= 0.6 is 0 Å². The van der Waals surface area contributed by atoms with Crippen molar-refractivity contribution in [3.8, 4) is 5.75 Å². The lowest BCUT2D eigenvalue weighted by Crippen LogP contribution is -2.46. The van der Waals surface area contributed by atoms with Crippen molar-refractivity contribution < 1.29 is 13.9 Å². The van der Waals surface area contributed by atoms with Crippen LogP contribution in [0, 0.1) is 11.2 Å². The SMILES string of the molecule is COc1ccc(NC(=O)C2(C)CCCNC2)cc1F. The maximum atomic E-state index is 13.5. The summed E-state index contributed by atoms with van der Waals surface area (Å²) in [4.78, 5) is 12.3. The van der Waals surface area contributed by atoms with E-state index >= 15 is 0 Å². The number of piperidine rings is 1. The number of carbonyl (C=O) groups excluding carboxylic acids is 1. The van der Waals surface area contributed by atoms with E-state index in [1.54, 1.807) is 6.07 Å². The van der Waals surface area contributed by atoms with Crippen LogP contribution in [0.15, 0.2) is 18.2 Å². The minimum atomic E-state index is -0.479. The molecule has 0 saturated carbocycles. The van der Waals surface area contributed by atoms with Gasteiger partial charge in [0.05, 0.1) is 12.5 Å². The van der Waals surface area contributed by atoms with Crippen LogP contribution in [0.3, 0.4) is 0 Å². The average molecular weight is 266 g/mol. The fourth-order valence-electron chi connectivity index (χ4n) is 2.28. The summed E-state index contributed by atoms with van der Waals surface area (Å²) >= 11 is 0. The lowest BCUT2D eigenvalue weighted by Gasteiger charge is -2.32. The van der Waals surface area contributed by atoms with Gasteiger partial charge in [0.2, 0.25) is 5.91 Å². The number of benzene rings is 1. The third kappa shape index (κ3) is 3.04. The first-order valence-electron chi connectivity index (χ1n) is 6.41. The Kier molecular flexibility index (Phi) is 4.04. The van der Waals surface area contributed by atoms with Gasteiger partial charge >= 0.3 is 0 Å². The van der Waals surface area contributed by atoms with Crippen molar-refractivity contribution in [3.63, 3.8) is 0 Å². The van der Waals surface area contributed by atoms with Gasteiger partial charge in [-0.1, -0.05) is 0 Å². The molecular weight excluding hydrogens is 247 g/mol. The summed E-state index contributed by atoms with van der Waals surface area (Å²) in [5, 5.41) is 5.99. The number of carbonyl (C=O) groups is 1. The van der Waals surface area contributed by atoms with Gasteiger partial charge in [-0.2, -0.15) is 0 Å². The molecule has 1 unspecified atom stereocenters. The highest BCUT2D eigenvalue weighted by Crippen LogP contribution is 2.28. The van der Waals surface area contributed by atoms with E-state index in [0.717, 1.165) is 19.4 Å². The van der Waals surface area contributed by atoms with Gasteiger partial charge in [-0.3, -0.25) is 4.79 Å². The molecule has 104 valence electrons. The standard InChI is InChI=1S/C14H19FN2O2/c1-14(6-3-7-16-9-14)13(18)17-10-4-5-12(19-2)11(15)8-10/h4-5,8,16H,3,6-7,9H2,1-2H3,(H,17,18). The predicted octanol–water partition coefficient (Wildman–Crippen LogP) is 2.16. The molecule has 1 fully saturated rings. The second-order valence-electron chi connectivity index (χ2n) is 5.14.